The van der Waals surface area contributed by atoms with Gasteiger partial charge in [-0.05, 0) is 37.0 Å². The maximum absolute atomic E-state index is 13.2. The van der Waals surface area contributed by atoms with Crippen LogP contribution in [0.5, 0.6) is 0 Å². The molecule has 4 nitrogen and oxygen atoms in total. The van der Waals surface area contributed by atoms with Crippen LogP contribution < -0.4 is 5.32 Å². The summed E-state index contributed by atoms with van der Waals surface area (Å²) in [5.74, 6) is -1.90. The van der Waals surface area contributed by atoms with Gasteiger partial charge in [-0.3, -0.25) is 9.59 Å². The van der Waals surface area contributed by atoms with Gasteiger partial charge < -0.3 is 10.4 Å². The summed E-state index contributed by atoms with van der Waals surface area (Å²) in [6.07, 6.45) is 4.63. The van der Waals surface area contributed by atoms with Gasteiger partial charge in [-0.1, -0.05) is 38.3 Å². The lowest BCUT2D eigenvalue weighted by Crippen LogP contribution is -2.45. The van der Waals surface area contributed by atoms with Crippen LogP contribution in [-0.4, -0.2) is 23.5 Å². The van der Waals surface area contributed by atoms with E-state index in [1.165, 1.54) is 12.1 Å². The van der Waals surface area contributed by atoms with E-state index in [0.717, 1.165) is 37.7 Å². The molecule has 126 valence electrons. The van der Waals surface area contributed by atoms with E-state index < -0.39 is 17.3 Å². The number of rotatable bonds is 7. The summed E-state index contributed by atoms with van der Waals surface area (Å²) in [4.78, 5) is 24.0. The largest absolute Gasteiger partial charge is 0.481 e. The number of hydrogen-bond acceptors (Lipinski definition) is 2. The molecule has 1 amide bonds. The molecule has 0 aliphatic heterocycles. The number of benzene rings is 1. The van der Waals surface area contributed by atoms with Gasteiger partial charge in [-0.2, -0.15) is 0 Å². The Balaban J connectivity index is 2.13. The van der Waals surface area contributed by atoms with E-state index in [2.05, 4.69) is 5.32 Å². The smallest absolute Gasteiger partial charge is 0.308 e. The van der Waals surface area contributed by atoms with E-state index >= 15 is 0 Å². The average Bonchev–Trinajstić information content (AvgIpc) is 3.02. The third-order valence-electron chi connectivity index (χ3n) is 4.78. The van der Waals surface area contributed by atoms with Crippen molar-refractivity contribution in [2.45, 2.75) is 50.9 Å². The summed E-state index contributed by atoms with van der Waals surface area (Å²) in [5.41, 5.74) is 0.166. The minimum absolute atomic E-state index is 0.135. The molecule has 0 radical (unpaired) electrons. The minimum Gasteiger partial charge on any atom is -0.481 e. The van der Waals surface area contributed by atoms with E-state index in [1.54, 1.807) is 12.1 Å². The van der Waals surface area contributed by atoms with Crippen LogP contribution in [0.15, 0.2) is 24.3 Å². The van der Waals surface area contributed by atoms with Gasteiger partial charge in [0.25, 0.3) is 0 Å². The van der Waals surface area contributed by atoms with E-state index in [-0.39, 0.29) is 18.3 Å². The predicted octanol–water partition coefficient (Wildman–Crippen LogP) is 3.25. The molecule has 2 N–H and O–H groups in total. The molecule has 1 unspecified atom stereocenters. The first-order valence-corrected chi connectivity index (χ1v) is 8.27. The molecule has 0 spiro atoms. The molecule has 0 bridgehead atoms. The van der Waals surface area contributed by atoms with Gasteiger partial charge >= 0.3 is 5.97 Å². The maximum atomic E-state index is 13.2. The molecular formula is C18H24FNO3. The van der Waals surface area contributed by atoms with Crippen molar-refractivity contribution in [3.8, 4) is 0 Å². The standard InChI is InChI=1S/C18H24FNO3/c1-2-5-13(16(21)22)12-20-17(23)18(10-3-4-11-18)14-6-8-15(19)9-7-14/h6-9,13H,2-5,10-12H2,1H3,(H,20,23)(H,21,22). The number of carboxylic acids is 1. The van der Waals surface area contributed by atoms with Gasteiger partial charge in [0.1, 0.15) is 5.82 Å². The number of aliphatic carboxylic acids is 1. The highest BCUT2D eigenvalue weighted by Crippen LogP contribution is 2.41. The molecule has 1 aliphatic rings. The molecule has 2 rings (SSSR count). The zero-order chi connectivity index (χ0) is 16.9. The number of halogens is 1. The van der Waals surface area contributed by atoms with Gasteiger partial charge in [-0.15, -0.1) is 0 Å². The fraction of sp³-hybridized carbons (Fsp3) is 0.556. The van der Waals surface area contributed by atoms with Crippen LogP contribution in [0.25, 0.3) is 0 Å². The highest BCUT2D eigenvalue weighted by molar-refractivity contribution is 5.89. The molecule has 5 heteroatoms. The Hall–Kier alpha value is -1.91. The second-order valence-electron chi connectivity index (χ2n) is 6.33. The lowest BCUT2D eigenvalue weighted by Gasteiger charge is -2.29. The molecule has 1 atom stereocenters. The van der Waals surface area contributed by atoms with Crippen LogP contribution in [0.3, 0.4) is 0 Å². The second-order valence-corrected chi connectivity index (χ2v) is 6.33. The third-order valence-corrected chi connectivity index (χ3v) is 4.78. The first kappa shape index (κ1) is 17.4. The Kier molecular flexibility index (Phi) is 5.74. The fourth-order valence-corrected chi connectivity index (χ4v) is 3.44. The van der Waals surface area contributed by atoms with Gasteiger partial charge in [-0.25, -0.2) is 4.39 Å². The van der Waals surface area contributed by atoms with Crippen molar-refractivity contribution in [1.82, 2.24) is 5.32 Å². The minimum atomic E-state index is -0.880. The van der Waals surface area contributed by atoms with Crippen molar-refractivity contribution in [3.05, 3.63) is 35.6 Å². The van der Waals surface area contributed by atoms with E-state index in [4.69, 9.17) is 0 Å². The van der Waals surface area contributed by atoms with Crippen molar-refractivity contribution in [1.29, 1.82) is 0 Å². The lowest BCUT2D eigenvalue weighted by molar-refractivity contribution is -0.142. The quantitative estimate of drug-likeness (QED) is 0.810. The predicted molar refractivity (Wildman–Crippen MR) is 85.6 cm³/mol. The SMILES string of the molecule is CCCC(CNC(=O)C1(c2ccc(F)cc2)CCCC1)C(=O)O. The summed E-state index contributed by atoms with van der Waals surface area (Å²) in [7, 11) is 0. The molecule has 1 fully saturated rings. The first-order valence-electron chi connectivity index (χ1n) is 8.27. The summed E-state index contributed by atoms with van der Waals surface area (Å²) < 4.78 is 13.2. The Morgan fingerprint density at radius 1 is 1.26 bits per heavy atom. The number of carboxylic acid groups (broad SMARTS) is 1. The van der Waals surface area contributed by atoms with Crippen LogP contribution in [-0.2, 0) is 15.0 Å². The van der Waals surface area contributed by atoms with Crippen LogP contribution in [0.2, 0.25) is 0 Å². The topological polar surface area (TPSA) is 66.4 Å². The van der Waals surface area contributed by atoms with E-state index in [9.17, 15) is 19.1 Å². The highest BCUT2D eigenvalue weighted by atomic mass is 19.1. The maximum Gasteiger partial charge on any atom is 0.308 e. The molecule has 0 saturated heterocycles. The fourth-order valence-electron chi connectivity index (χ4n) is 3.44. The molecule has 1 aliphatic carbocycles. The third kappa shape index (κ3) is 3.89. The van der Waals surface area contributed by atoms with Crippen LogP contribution >= 0.6 is 0 Å². The van der Waals surface area contributed by atoms with Crippen molar-refractivity contribution in [2.75, 3.05) is 6.54 Å². The molecule has 1 aromatic rings. The van der Waals surface area contributed by atoms with Gasteiger partial charge in [0.15, 0.2) is 0 Å². The summed E-state index contributed by atoms with van der Waals surface area (Å²) in [6, 6.07) is 6.08. The highest BCUT2D eigenvalue weighted by Gasteiger charge is 2.42. The average molecular weight is 321 g/mol. The summed E-state index contributed by atoms with van der Waals surface area (Å²) in [5, 5.41) is 12.0. The van der Waals surface area contributed by atoms with E-state index in [1.807, 2.05) is 6.92 Å². The van der Waals surface area contributed by atoms with Crippen LogP contribution in [0.4, 0.5) is 4.39 Å². The van der Waals surface area contributed by atoms with Gasteiger partial charge in [0.2, 0.25) is 5.91 Å². The van der Waals surface area contributed by atoms with Crippen molar-refractivity contribution in [2.24, 2.45) is 5.92 Å². The number of carbonyl (C=O) groups is 2. The van der Waals surface area contributed by atoms with Crippen molar-refractivity contribution in [3.63, 3.8) is 0 Å². The van der Waals surface area contributed by atoms with Gasteiger partial charge in [0, 0.05) is 6.54 Å². The molecule has 0 aromatic heterocycles. The Morgan fingerprint density at radius 3 is 2.39 bits per heavy atom. The molecule has 1 saturated carbocycles. The Labute approximate surface area is 136 Å². The number of hydrogen-bond donors (Lipinski definition) is 2. The Bertz CT molecular complexity index is 550. The zero-order valence-corrected chi connectivity index (χ0v) is 13.5. The summed E-state index contributed by atoms with van der Waals surface area (Å²) in [6.45, 7) is 2.07. The molecule has 1 aromatic carbocycles. The number of nitrogens with one attached hydrogen (secondary N) is 1. The monoisotopic (exact) mass is 321 g/mol. The van der Waals surface area contributed by atoms with E-state index in [0.29, 0.717) is 6.42 Å². The summed E-state index contributed by atoms with van der Waals surface area (Å²) >= 11 is 0. The Morgan fingerprint density at radius 2 is 1.87 bits per heavy atom. The molecular weight excluding hydrogens is 297 g/mol. The van der Waals surface area contributed by atoms with Crippen molar-refractivity contribution >= 4 is 11.9 Å². The van der Waals surface area contributed by atoms with Crippen LogP contribution in [0.1, 0.15) is 51.0 Å². The second kappa shape index (κ2) is 7.57. The van der Waals surface area contributed by atoms with Gasteiger partial charge in [0.05, 0.1) is 11.3 Å². The normalized spacial score (nSPS) is 17.7. The first-order chi connectivity index (χ1) is 11.0. The van der Waals surface area contributed by atoms with Crippen molar-refractivity contribution < 1.29 is 19.1 Å². The lowest BCUT2D eigenvalue weighted by atomic mass is 9.78. The number of amides is 1. The van der Waals surface area contributed by atoms with Crippen LogP contribution in [0, 0.1) is 11.7 Å². The number of carbonyl (C=O) groups excluding carboxylic acids is 1. The molecule has 23 heavy (non-hydrogen) atoms. The zero-order valence-electron chi connectivity index (χ0n) is 13.5. The molecule has 0 heterocycles.